The molecular formula is C25H21N3O4. The maximum absolute atomic E-state index is 12.5. The van der Waals surface area contributed by atoms with Gasteiger partial charge in [-0.3, -0.25) is 0 Å². The van der Waals surface area contributed by atoms with Gasteiger partial charge in [0, 0.05) is 12.3 Å². The van der Waals surface area contributed by atoms with Crippen LogP contribution in [0.5, 0.6) is 0 Å². The lowest BCUT2D eigenvalue weighted by Gasteiger charge is -2.17. The van der Waals surface area contributed by atoms with E-state index in [1.807, 2.05) is 48.5 Å². The maximum atomic E-state index is 12.5. The van der Waals surface area contributed by atoms with E-state index in [0.29, 0.717) is 0 Å². The van der Waals surface area contributed by atoms with Crippen LogP contribution >= 0.6 is 0 Å². The summed E-state index contributed by atoms with van der Waals surface area (Å²) in [7, 11) is 0. The van der Waals surface area contributed by atoms with Gasteiger partial charge in [-0.1, -0.05) is 54.6 Å². The fraction of sp³-hybridized carbons (Fsp3) is 0.160. The molecule has 1 heterocycles. The van der Waals surface area contributed by atoms with E-state index in [1.165, 1.54) is 0 Å². The van der Waals surface area contributed by atoms with E-state index in [4.69, 9.17) is 4.74 Å². The van der Waals surface area contributed by atoms with E-state index in [0.717, 1.165) is 38.9 Å². The van der Waals surface area contributed by atoms with Crippen molar-refractivity contribution in [2.24, 2.45) is 0 Å². The molecule has 7 nitrogen and oxygen atoms in total. The monoisotopic (exact) mass is 427 g/mol. The van der Waals surface area contributed by atoms with Crippen LogP contribution in [-0.4, -0.2) is 39.8 Å². The SMILES string of the molecule is O=C(NC(Cc1ccc2nc[nH]c2c1)C(=O)O)OCC1c2ccccc2-c2ccccc21. The van der Waals surface area contributed by atoms with E-state index < -0.39 is 18.1 Å². The van der Waals surface area contributed by atoms with Crippen LogP contribution in [0.25, 0.3) is 22.2 Å². The Morgan fingerprint density at radius 3 is 2.41 bits per heavy atom. The molecule has 1 amide bonds. The molecule has 7 heteroatoms. The summed E-state index contributed by atoms with van der Waals surface area (Å²) < 4.78 is 5.49. The van der Waals surface area contributed by atoms with Crippen molar-refractivity contribution in [2.45, 2.75) is 18.4 Å². The minimum Gasteiger partial charge on any atom is -0.480 e. The van der Waals surface area contributed by atoms with Gasteiger partial charge in [0.25, 0.3) is 0 Å². The number of benzene rings is 3. The lowest BCUT2D eigenvalue weighted by atomic mass is 9.98. The van der Waals surface area contributed by atoms with Crippen molar-refractivity contribution in [1.82, 2.24) is 15.3 Å². The first-order chi connectivity index (χ1) is 15.6. The molecule has 1 aromatic heterocycles. The number of nitrogens with zero attached hydrogens (tertiary/aromatic N) is 1. The van der Waals surface area contributed by atoms with Gasteiger partial charge in [0.05, 0.1) is 17.4 Å². The molecule has 1 unspecified atom stereocenters. The number of hydrogen-bond acceptors (Lipinski definition) is 4. The number of carbonyl (C=O) groups excluding carboxylic acids is 1. The highest BCUT2D eigenvalue weighted by atomic mass is 16.5. The van der Waals surface area contributed by atoms with Crippen LogP contribution in [0.3, 0.4) is 0 Å². The molecule has 0 saturated carbocycles. The van der Waals surface area contributed by atoms with Crippen LogP contribution in [-0.2, 0) is 16.0 Å². The summed E-state index contributed by atoms with van der Waals surface area (Å²) in [6.45, 7) is 0.131. The van der Waals surface area contributed by atoms with Crippen molar-refractivity contribution in [3.8, 4) is 11.1 Å². The van der Waals surface area contributed by atoms with E-state index in [-0.39, 0.29) is 18.9 Å². The normalized spacial score (nSPS) is 13.4. The smallest absolute Gasteiger partial charge is 0.407 e. The van der Waals surface area contributed by atoms with Crippen LogP contribution in [0.4, 0.5) is 4.79 Å². The zero-order valence-electron chi connectivity index (χ0n) is 17.1. The largest absolute Gasteiger partial charge is 0.480 e. The molecule has 1 aliphatic carbocycles. The van der Waals surface area contributed by atoms with Crippen LogP contribution in [0.2, 0.25) is 0 Å². The summed E-state index contributed by atoms with van der Waals surface area (Å²) in [5.41, 5.74) is 6.85. The van der Waals surface area contributed by atoms with Crippen molar-refractivity contribution < 1.29 is 19.4 Å². The van der Waals surface area contributed by atoms with Crippen molar-refractivity contribution in [2.75, 3.05) is 6.61 Å². The first-order valence-electron chi connectivity index (χ1n) is 10.4. The number of aromatic nitrogens is 2. The topological polar surface area (TPSA) is 104 Å². The number of H-pyrrole nitrogens is 1. The van der Waals surface area contributed by atoms with E-state index in [1.54, 1.807) is 12.4 Å². The summed E-state index contributed by atoms with van der Waals surface area (Å²) in [5.74, 6) is -1.21. The van der Waals surface area contributed by atoms with Crippen LogP contribution < -0.4 is 5.32 Å². The van der Waals surface area contributed by atoms with Gasteiger partial charge in [0.15, 0.2) is 0 Å². The van der Waals surface area contributed by atoms with Crippen molar-refractivity contribution >= 4 is 23.1 Å². The number of nitrogens with one attached hydrogen (secondary N) is 2. The molecule has 160 valence electrons. The van der Waals surface area contributed by atoms with Crippen molar-refractivity contribution in [3.63, 3.8) is 0 Å². The molecule has 0 fully saturated rings. The summed E-state index contributed by atoms with van der Waals surface area (Å²) in [6.07, 6.45) is 0.967. The van der Waals surface area contributed by atoms with Gasteiger partial charge in [0.1, 0.15) is 12.6 Å². The van der Waals surface area contributed by atoms with E-state index >= 15 is 0 Å². The predicted molar refractivity (Wildman–Crippen MR) is 119 cm³/mol. The Morgan fingerprint density at radius 1 is 1.03 bits per heavy atom. The summed E-state index contributed by atoms with van der Waals surface area (Å²) in [4.78, 5) is 31.4. The molecule has 1 atom stereocenters. The van der Waals surface area contributed by atoms with E-state index in [9.17, 15) is 14.7 Å². The fourth-order valence-electron chi connectivity index (χ4n) is 4.33. The van der Waals surface area contributed by atoms with Crippen LogP contribution in [0.15, 0.2) is 73.1 Å². The number of fused-ring (bicyclic) bond motifs is 4. The molecule has 32 heavy (non-hydrogen) atoms. The van der Waals surface area contributed by atoms with Crippen molar-refractivity contribution in [3.05, 3.63) is 89.7 Å². The van der Waals surface area contributed by atoms with Crippen LogP contribution in [0, 0.1) is 0 Å². The number of alkyl carbamates (subject to hydrolysis) is 1. The number of aromatic amines is 1. The highest BCUT2D eigenvalue weighted by molar-refractivity contribution is 5.82. The van der Waals surface area contributed by atoms with E-state index in [2.05, 4.69) is 27.4 Å². The van der Waals surface area contributed by atoms with Gasteiger partial charge in [-0.25, -0.2) is 14.6 Å². The van der Waals surface area contributed by atoms with Gasteiger partial charge in [-0.15, -0.1) is 0 Å². The first kappa shape index (κ1) is 19.8. The number of rotatable bonds is 6. The second-order valence-corrected chi connectivity index (χ2v) is 7.82. The van der Waals surface area contributed by atoms with Gasteiger partial charge >= 0.3 is 12.1 Å². The predicted octanol–water partition coefficient (Wildman–Crippen LogP) is 4.10. The maximum Gasteiger partial charge on any atom is 0.407 e. The summed E-state index contributed by atoms with van der Waals surface area (Å²) in [5, 5.41) is 12.1. The van der Waals surface area contributed by atoms with Gasteiger partial charge in [0.2, 0.25) is 0 Å². The zero-order valence-corrected chi connectivity index (χ0v) is 17.1. The van der Waals surface area contributed by atoms with Gasteiger partial charge < -0.3 is 20.1 Å². The van der Waals surface area contributed by atoms with Crippen LogP contribution in [0.1, 0.15) is 22.6 Å². The quantitative estimate of drug-likeness (QED) is 0.430. The minimum atomic E-state index is -1.12. The molecule has 0 bridgehead atoms. The Kier molecular flexibility index (Phi) is 5.07. The highest BCUT2D eigenvalue weighted by Crippen LogP contribution is 2.44. The molecular weight excluding hydrogens is 406 g/mol. The number of imidazole rings is 1. The first-order valence-corrected chi connectivity index (χ1v) is 10.4. The second-order valence-electron chi connectivity index (χ2n) is 7.82. The molecule has 1 aliphatic rings. The number of amides is 1. The number of hydrogen-bond donors (Lipinski definition) is 3. The number of carbonyl (C=O) groups is 2. The van der Waals surface area contributed by atoms with Crippen molar-refractivity contribution in [1.29, 1.82) is 0 Å². The summed E-state index contributed by atoms with van der Waals surface area (Å²) in [6, 6.07) is 20.4. The molecule has 0 aliphatic heterocycles. The minimum absolute atomic E-state index is 0.0841. The third-order valence-electron chi connectivity index (χ3n) is 5.86. The Balaban J connectivity index is 1.27. The highest BCUT2D eigenvalue weighted by Gasteiger charge is 2.29. The number of carboxylic acids is 1. The third-order valence-corrected chi connectivity index (χ3v) is 5.86. The van der Waals surface area contributed by atoms with Gasteiger partial charge in [-0.05, 0) is 39.9 Å². The lowest BCUT2D eigenvalue weighted by Crippen LogP contribution is -2.42. The number of aliphatic carboxylic acids is 1. The molecule has 3 aromatic carbocycles. The molecule has 4 aromatic rings. The number of carboxylic acid groups (broad SMARTS) is 1. The standard InChI is InChI=1S/C25H21N3O4/c29-24(30)23(12-15-9-10-21-22(11-15)27-14-26-21)28-25(31)32-13-20-18-7-3-1-5-16(18)17-6-2-4-8-19(17)20/h1-11,14,20,23H,12-13H2,(H,26,27)(H,28,31)(H,29,30). The molecule has 0 spiro atoms. The third kappa shape index (κ3) is 3.69. The zero-order chi connectivity index (χ0) is 22.1. The summed E-state index contributed by atoms with van der Waals surface area (Å²) >= 11 is 0. The second kappa shape index (κ2) is 8.19. The fourth-order valence-corrected chi connectivity index (χ4v) is 4.33. The molecule has 0 radical (unpaired) electrons. The number of ether oxygens (including phenoxy) is 1. The average Bonchev–Trinajstić information content (AvgIpc) is 3.39. The lowest BCUT2D eigenvalue weighted by molar-refractivity contribution is -0.139. The average molecular weight is 427 g/mol. The Labute approximate surface area is 184 Å². The Hall–Kier alpha value is -4.13. The Bertz CT molecular complexity index is 1270. The molecule has 5 rings (SSSR count). The molecule has 3 N–H and O–H groups in total. The Morgan fingerprint density at radius 2 is 1.72 bits per heavy atom. The van der Waals surface area contributed by atoms with Gasteiger partial charge in [-0.2, -0.15) is 0 Å². The molecule has 0 saturated heterocycles.